The van der Waals surface area contributed by atoms with Crippen LogP contribution in [0.4, 0.5) is 10.1 Å². The standard InChI is InChI=1S/C20H28FN3O/c1-7-14(12-20(3,4)5)15-10-8-9-11-16(15)22-19(25)17-13(2)23-24(6)18(17)21/h8-11,14H,7,12H2,1-6H3,(H,22,25)/t14-/m0/s1. The summed E-state index contributed by atoms with van der Waals surface area (Å²) in [5, 5.41) is 6.87. The minimum atomic E-state index is -0.616. The Morgan fingerprint density at radius 2 is 1.96 bits per heavy atom. The maximum absolute atomic E-state index is 14.2. The maximum atomic E-state index is 14.2. The Labute approximate surface area is 149 Å². The molecule has 25 heavy (non-hydrogen) atoms. The average molecular weight is 345 g/mol. The fourth-order valence-electron chi connectivity index (χ4n) is 3.25. The molecule has 1 aromatic heterocycles. The summed E-state index contributed by atoms with van der Waals surface area (Å²) in [5.41, 5.74) is 2.41. The van der Waals surface area contributed by atoms with Gasteiger partial charge in [-0.3, -0.25) is 4.79 Å². The number of aromatic nitrogens is 2. The first-order chi connectivity index (χ1) is 11.6. The summed E-state index contributed by atoms with van der Waals surface area (Å²) in [6, 6.07) is 7.78. The highest BCUT2D eigenvalue weighted by Gasteiger charge is 2.24. The molecule has 0 aliphatic heterocycles. The summed E-state index contributed by atoms with van der Waals surface area (Å²) in [7, 11) is 1.49. The van der Waals surface area contributed by atoms with E-state index in [0.29, 0.717) is 11.6 Å². The smallest absolute Gasteiger partial charge is 0.262 e. The van der Waals surface area contributed by atoms with Crippen LogP contribution in [0.5, 0.6) is 0 Å². The van der Waals surface area contributed by atoms with Gasteiger partial charge in [0.25, 0.3) is 5.91 Å². The Balaban J connectivity index is 2.33. The van der Waals surface area contributed by atoms with Crippen LogP contribution in [-0.4, -0.2) is 15.7 Å². The summed E-state index contributed by atoms with van der Waals surface area (Å²) in [6.45, 7) is 10.4. The van der Waals surface area contributed by atoms with E-state index >= 15 is 0 Å². The van der Waals surface area contributed by atoms with Gasteiger partial charge in [-0.05, 0) is 42.7 Å². The van der Waals surface area contributed by atoms with Gasteiger partial charge in [0.15, 0.2) is 0 Å². The summed E-state index contributed by atoms with van der Waals surface area (Å²) in [4.78, 5) is 12.6. The van der Waals surface area contributed by atoms with E-state index in [9.17, 15) is 9.18 Å². The number of para-hydroxylation sites is 1. The van der Waals surface area contributed by atoms with Gasteiger partial charge >= 0.3 is 0 Å². The Morgan fingerprint density at radius 3 is 2.48 bits per heavy atom. The summed E-state index contributed by atoms with van der Waals surface area (Å²) < 4.78 is 15.3. The van der Waals surface area contributed by atoms with Crippen LogP contribution in [0.15, 0.2) is 24.3 Å². The SMILES string of the molecule is CC[C@@H](CC(C)(C)C)c1ccccc1NC(=O)c1c(C)nn(C)c1F. The van der Waals surface area contributed by atoms with Crippen molar-refractivity contribution in [3.8, 4) is 0 Å². The van der Waals surface area contributed by atoms with Crippen molar-refractivity contribution in [1.29, 1.82) is 0 Å². The Morgan fingerprint density at radius 1 is 1.32 bits per heavy atom. The second kappa shape index (κ2) is 7.38. The van der Waals surface area contributed by atoms with E-state index in [1.165, 1.54) is 7.05 Å². The summed E-state index contributed by atoms with van der Waals surface area (Å²) >= 11 is 0. The Kier molecular flexibility index (Phi) is 5.65. The van der Waals surface area contributed by atoms with E-state index in [4.69, 9.17) is 0 Å². The number of carbonyl (C=O) groups is 1. The zero-order valence-electron chi connectivity index (χ0n) is 16.0. The number of amides is 1. The first-order valence-electron chi connectivity index (χ1n) is 8.73. The first kappa shape index (κ1) is 19.2. The molecule has 0 saturated carbocycles. The second-order valence-corrected chi connectivity index (χ2v) is 7.79. The first-order valence-corrected chi connectivity index (χ1v) is 8.73. The zero-order valence-corrected chi connectivity index (χ0v) is 16.0. The molecule has 1 N–H and O–H groups in total. The second-order valence-electron chi connectivity index (χ2n) is 7.79. The molecule has 0 bridgehead atoms. The van der Waals surface area contributed by atoms with Crippen molar-refractivity contribution in [3.63, 3.8) is 0 Å². The molecule has 4 nitrogen and oxygen atoms in total. The molecule has 1 atom stereocenters. The lowest BCUT2D eigenvalue weighted by Crippen LogP contribution is -2.18. The van der Waals surface area contributed by atoms with Crippen molar-refractivity contribution < 1.29 is 9.18 Å². The summed E-state index contributed by atoms with van der Waals surface area (Å²) in [5.74, 6) is -0.744. The molecule has 0 radical (unpaired) electrons. The molecule has 0 aliphatic rings. The van der Waals surface area contributed by atoms with Crippen molar-refractivity contribution in [2.45, 2.75) is 53.4 Å². The minimum Gasteiger partial charge on any atom is -0.322 e. The van der Waals surface area contributed by atoms with Gasteiger partial charge in [0.05, 0.1) is 5.69 Å². The molecule has 5 heteroatoms. The number of hydrogen-bond acceptors (Lipinski definition) is 2. The fourth-order valence-corrected chi connectivity index (χ4v) is 3.25. The number of benzene rings is 1. The fraction of sp³-hybridized carbons (Fsp3) is 0.500. The molecule has 0 unspecified atom stereocenters. The largest absolute Gasteiger partial charge is 0.322 e. The van der Waals surface area contributed by atoms with Gasteiger partial charge in [0.2, 0.25) is 5.95 Å². The highest BCUT2D eigenvalue weighted by atomic mass is 19.1. The van der Waals surface area contributed by atoms with Gasteiger partial charge in [0, 0.05) is 12.7 Å². The lowest BCUT2D eigenvalue weighted by Gasteiger charge is -2.27. The van der Waals surface area contributed by atoms with Crippen molar-refractivity contribution >= 4 is 11.6 Å². The van der Waals surface area contributed by atoms with Gasteiger partial charge < -0.3 is 5.32 Å². The monoisotopic (exact) mass is 345 g/mol. The van der Waals surface area contributed by atoms with Crippen LogP contribution in [0.3, 0.4) is 0 Å². The molecule has 2 aromatic rings. The van der Waals surface area contributed by atoms with Crippen LogP contribution < -0.4 is 5.32 Å². The molecular formula is C20H28FN3O. The highest BCUT2D eigenvalue weighted by molar-refractivity contribution is 6.05. The van der Waals surface area contributed by atoms with E-state index in [1.807, 2.05) is 24.3 Å². The highest BCUT2D eigenvalue weighted by Crippen LogP contribution is 2.36. The van der Waals surface area contributed by atoms with Crippen molar-refractivity contribution in [3.05, 3.63) is 47.0 Å². The lowest BCUT2D eigenvalue weighted by molar-refractivity contribution is 0.102. The minimum absolute atomic E-state index is 0.00109. The molecule has 2 rings (SSSR count). The van der Waals surface area contributed by atoms with E-state index in [2.05, 4.69) is 38.1 Å². The van der Waals surface area contributed by atoms with Crippen molar-refractivity contribution in [2.75, 3.05) is 5.32 Å². The van der Waals surface area contributed by atoms with Gasteiger partial charge in [0.1, 0.15) is 5.56 Å². The molecule has 136 valence electrons. The number of halogens is 1. The van der Waals surface area contributed by atoms with Crippen molar-refractivity contribution in [2.24, 2.45) is 12.5 Å². The van der Waals surface area contributed by atoms with Crippen LogP contribution in [0.25, 0.3) is 0 Å². The van der Waals surface area contributed by atoms with E-state index in [-0.39, 0.29) is 11.0 Å². The maximum Gasteiger partial charge on any atom is 0.262 e. The number of aryl methyl sites for hydroxylation is 2. The third kappa shape index (κ3) is 4.47. The van der Waals surface area contributed by atoms with E-state index < -0.39 is 11.9 Å². The quantitative estimate of drug-likeness (QED) is 0.824. The number of anilines is 1. The molecule has 1 aromatic carbocycles. The normalized spacial score (nSPS) is 12.9. The number of hydrogen-bond donors (Lipinski definition) is 1. The molecule has 0 aliphatic carbocycles. The Hall–Kier alpha value is -2.17. The van der Waals surface area contributed by atoms with E-state index in [1.54, 1.807) is 6.92 Å². The molecule has 0 spiro atoms. The van der Waals surface area contributed by atoms with Crippen LogP contribution in [0, 0.1) is 18.3 Å². The number of nitrogens with one attached hydrogen (secondary N) is 1. The number of rotatable bonds is 5. The number of carbonyl (C=O) groups excluding carboxylic acids is 1. The van der Waals surface area contributed by atoms with Crippen LogP contribution in [-0.2, 0) is 7.05 Å². The predicted molar refractivity (Wildman–Crippen MR) is 99.4 cm³/mol. The lowest BCUT2D eigenvalue weighted by atomic mass is 9.79. The van der Waals surface area contributed by atoms with Crippen LogP contribution >= 0.6 is 0 Å². The van der Waals surface area contributed by atoms with Crippen LogP contribution in [0.2, 0.25) is 0 Å². The molecule has 1 heterocycles. The molecular weight excluding hydrogens is 317 g/mol. The third-order valence-corrected chi connectivity index (χ3v) is 4.38. The predicted octanol–water partition coefficient (Wildman–Crippen LogP) is 5.05. The molecule has 0 fully saturated rings. The van der Waals surface area contributed by atoms with Gasteiger partial charge in [-0.2, -0.15) is 9.49 Å². The zero-order chi connectivity index (χ0) is 18.8. The van der Waals surface area contributed by atoms with E-state index in [0.717, 1.165) is 28.8 Å². The van der Waals surface area contributed by atoms with Gasteiger partial charge in [-0.1, -0.05) is 45.9 Å². The van der Waals surface area contributed by atoms with Crippen molar-refractivity contribution in [1.82, 2.24) is 9.78 Å². The third-order valence-electron chi connectivity index (χ3n) is 4.38. The average Bonchev–Trinajstić information content (AvgIpc) is 2.77. The van der Waals surface area contributed by atoms with Crippen LogP contribution in [0.1, 0.15) is 68.1 Å². The van der Waals surface area contributed by atoms with Gasteiger partial charge in [-0.15, -0.1) is 0 Å². The molecule has 1 amide bonds. The summed E-state index contributed by atoms with van der Waals surface area (Å²) in [6.07, 6.45) is 1.99. The van der Waals surface area contributed by atoms with Gasteiger partial charge in [-0.25, -0.2) is 4.68 Å². The number of nitrogens with zero attached hydrogens (tertiary/aromatic N) is 2. The Bertz CT molecular complexity index is 759. The molecule has 0 saturated heterocycles. The topological polar surface area (TPSA) is 46.9 Å².